The molecular formula is C20H17NO. The molecule has 0 saturated heterocycles. The first-order valence-electron chi connectivity index (χ1n) is 7.21. The average Bonchev–Trinajstić information content (AvgIpc) is 2.61. The molecule has 0 amide bonds. The second-order valence-corrected chi connectivity index (χ2v) is 4.86. The molecule has 0 unspecified atom stereocenters. The van der Waals surface area contributed by atoms with Crippen molar-refractivity contribution < 1.29 is 4.74 Å². The molecule has 3 aromatic rings. The molecular weight excluding hydrogens is 270 g/mol. The monoisotopic (exact) mass is 287 g/mol. The Kier molecular flexibility index (Phi) is 4.30. The summed E-state index contributed by atoms with van der Waals surface area (Å²) in [6, 6.07) is 28.2. The molecule has 2 nitrogen and oxygen atoms in total. The summed E-state index contributed by atoms with van der Waals surface area (Å²) in [7, 11) is 1.67. The molecule has 0 radical (unpaired) electrons. The van der Waals surface area contributed by atoms with Crippen molar-refractivity contribution in [2.75, 3.05) is 7.11 Å². The third-order valence-electron chi connectivity index (χ3n) is 3.41. The molecule has 2 heteroatoms. The van der Waals surface area contributed by atoms with Gasteiger partial charge in [0.05, 0.1) is 12.8 Å². The zero-order valence-electron chi connectivity index (χ0n) is 12.4. The van der Waals surface area contributed by atoms with Crippen LogP contribution in [0, 0.1) is 0 Å². The van der Waals surface area contributed by atoms with Gasteiger partial charge in [-0.05, 0) is 12.1 Å². The normalized spacial score (nSPS) is 10.0. The van der Waals surface area contributed by atoms with Crippen molar-refractivity contribution in [3.05, 3.63) is 96.1 Å². The molecule has 108 valence electrons. The highest BCUT2D eigenvalue weighted by molar-refractivity contribution is 6.14. The number of ether oxygens (including phenoxy) is 1. The van der Waals surface area contributed by atoms with Crippen LogP contribution >= 0.6 is 0 Å². The molecule has 0 fully saturated rings. The van der Waals surface area contributed by atoms with Crippen LogP contribution in [0.15, 0.2) is 89.9 Å². The van der Waals surface area contributed by atoms with E-state index in [9.17, 15) is 0 Å². The van der Waals surface area contributed by atoms with Gasteiger partial charge in [-0.2, -0.15) is 0 Å². The first-order chi connectivity index (χ1) is 10.9. The summed E-state index contributed by atoms with van der Waals surface area (Å²) in [6.07, 6.45) is 0. The molecule has 0 bridgehead atoms. The molecule has 0 aliphatic heterocycles. The predicted molar refractivity (Wildman–Crippen MR) is 91.2 cm³/mol. The molecule has 3 rings (SSSR count). The van der Waals surface area contributed by atoms with Crippen molar-refractivity contribution in [1.29, 1.82) is 0 Å². The maximum absolute atomic E-state index is 5.41. The van der Waals surface area contributed by atoms with Crippen LogP contribution in [0.3, 0.4) is 0 Å². The van der Waals surface area contributed by atoms with Crippen molar-refractivity contribution in [1.82, 2.24) is 0 Å². The number of hydrogen-bond acceptors (Lipinski definition) is 2. The van der Waals surface area contributed by atoms with Gasteiger partial charge in [0, 0.05) is 11.1 Å². The minimum atomic E-state index is 0.770. The van der Waals surface area contributed by atoms with E-state index in [1.54, 1.807) is 7.11 Å². The van der Waals surface area contributed by atoms with E-state index in [1.165, 1.54) is 0 Å². The van der Waals surface area contributed by atoms with Crippen molar-refractivity contribution in [3.63, 3.8) is 0 Å². The molecule has 0 aliphatic rings. The van der Waals surface area contributed by atoms with E-state index >= 15 is 0 Å². The third-order valence-corrected chi connectivity index (χ3v) is 3.41. The number of nitrogens with zero attached hydrogens (tertiary/aromatic N) is 1. The maximum atomic E-state index is 5.41. The largest absolute Gasteiger partial charge is 0.494 e. The van der Waals surface area contributed by atoms with E-state index in [-0.39, 0.29) is 0 Å². The molecule has 3 aromatic carbocycles. The molecule has 0 atom stereocenters. The second kappa shape index (κ2) is 6.72. The van der Waals surface area contributed by atoms with Gasteiger partial charge < -0.3 is 4.74 Å². The Morgan fingerprint density at radius 2 is 1.18 bits per heavy atom. The highest BCUT2D eigenvalue weighted by Gasteiger charge is 2.08. The van der Waals surface area contributed by atoms with Gasteiger partial charge in [-0.25, -0.2) is 4.99 Å². The lowest BCUT2D eigenvalue weighted by molar-refractivity contribution is 0.416. The van der Waals surface area contributed by atoms with Gasteiger partial charge in [0.25, 0.3) is 0 Å². The SMILES string of the molecule is COc1ccccc1N=C(c1ccccc1)c1ccccc1. The van der Waals surface area contributed by atoms with E-state index in [2.05, 4.69) is 24.3 Å². The zero-order chi connectivity index (χ0) is 15.2. The van der Waals surface area contributed by atoms with E-state index in [0.29, 0.717) is 0 Å². The van der Waals surface area contributed by atoms with Crippen LogP contribution in [-0.2, 0) is 0 Å². The Morgan fingerprint density at radius 1 is 0.682 bits per heavy atom. The van der Waals surface area contributed by atoms with Gasteiger partial charge in [0.15, 0.2) is 0 Å². The first kappa shape index (κ1) is 14.1. The van der Waals surface area contributed by atoms with Crippen LogP contribution in [0.1, 0.15) is 11.1 Å². The fourth-order valence-electron chi connectivity index (χ4n) is 2.33. The summed E-state index contributed by atoms with van der Waals surface area (Å²) in [4.78, 5) is 4.86. The number of hydrogen-bond donors (Lipinski definition) is 0. The summed E-state index contributed by atoms with van der Waals surface area (Å²) < 4.78 is 5.41. The Hall–Kier alpha value is -2.87. The van der Waals surface area contributed by atoms with Crippen LogP contribution in [0.5, 0.6) is 5.75 Å². The van der Waals surface area contributed by atoms with Crippen molar-refractivity contribution in [3.8, 4) is 5.75 Å². The van der Waals surface area contributed by atoms with E-state index in [1.807, 2.05) is 60.7 Å². The summed E-state index contributed by atoms with van der Waals surface area (Å²) in [6.45, 7) is 0. The first-order valence-corrected chi connectivity index (χ1v) is 7.21. The van der Waals surface area contributed by atoms with Crippen LogP contribution in [0.4, 0.5) is 5.69 Å². The van der Waals surface area contributed by atoms with Crippen molar-refractivity contribution in [2.24, 2.45) is 4.99 Å². The number of para-hydroxylation sites is 2. The lowest BCUT2D eigenvalue weighted by Crippen LogP contribution is -2.02. The Balaban J connectivity index is 2.16. The van der Waals surface area contributed by atoms with Crippen molar-refractivity contribution in [2.45, 2.75) is 0 Å². The van der Waals surface area contributed by atoms with Crippen LogP contribution in [0.2, 0.25) is 0 Å². The summed E-state index contributed by atoms with van der Waals surface area (Å²) in [5, 5.41) is 0. The molecule has 0 N–H and O–H groups in total. The standard InChI is InChI=1S/C20H17NO/c1-22-19-15-9-8-14-18(19)21-20(16-10-4-2-5-11-16)17-12-6-3-7-13-17/h2-15H,1H3. The fraction of sp³-hybridized carbons (Fsp3) is 0.0500. The quantitative estimate of drug-likeness (QED) is 0.628. The smallest absolute Gasteiger partial charge is 0.144 e. The molecule has 0 spiro atoms. The van der Waals surface area contributed by atoms with Gasteiger partial charge in [-0.1, -0.05) is 72.8 Å². The Morgan fingerprint density at radius 3 is 1.73 bits per heavy atom. The van der Waals surface area contributed by atoms with Crippen LogP contribution in [0.25, 0.3) is 0 Å². The molecule has 0 aliphatic carbocycles. The second-order valence-electron chi connectivity index (χ2n) is 4.86. The minimum Gasteiger partial charge on any atom is -0.494 e. The van der Waals surface area contributed by atoms with E-state index in [0.717, 1.165) is 28.3 Å². The number of benzene rings is 3. The number of rotatable bonds is 4. The summed E-state index contributed by atoms with van der Waals surface area (Å²) in [5.74, 6) is 0.770. The fourth-order valence-corrected chi connectivity index (χ4v) is 2.33. The van der Waals surface area contributed by atoms with Gasteiger partial charge >= 0.3 is 0 Å². The summed E-state index contributed by atoms with van der Waals surface area (Å²) >= 11 is 0. The predicted octanol–water partition coefficient (Wildman–Crippen LogP) is 4.86. The highest BCUT2D eigenvalue weighted by Crippen LogP contribution is 2.28. The number of methoxy groups -OCH3 is 1. The maximum Gasteiger partial charge on any atom is 0.144 e. The third kappa shape index (κ3) is 3.07. The van der Waals surface area contributed by atoms with Gasteiger partial charge in [-0.3, -0.25) is 0 Å². The zero-order valence-corrected chi connectivity index (χ0v) is 12.4. The van der Waals surface area contributed by atoms with Crippen LogP contribution < -0.4 is 4.74 Å². The Bertz CT molecular complexity index is 722. The molecule has 22 heavy (non-hydrogen) atoms. The Labute approximate surface area is 130 Å². The van der Waals surface area contributed by atoms with Gasteiger partial charge in [0.1, 0.15) is 11.4 Å². The van der Waals surface area contributed by atoms with Crippen LogP contribution in [-0.4, -0.2) is 12.8 Å². The van der Waals surface area contributed by atoms with Crippen molar-refractivity contribution >= 4 is 11.4 Å². The van der Waals surface area contributed by atoms with Gasteiger partial charge in [0.2, 0.25) is 0 Å². The lowest BCUT2D eigenvalue weighted by Gasteiger charge is -2.09. The minimum absolute atomic E-state index is 0.770. The average molecular weight is 287 g/mol. The summed E-state index contributed by atoms with van der Waals surface area (Å²) in [5.41, 5.74) is 3.93. The van der Waals surface area contributed by atoms with Gasteiger partial charge in [-0.15, -0.1) is 0 Å². The molecule has 0 saturated carbocycles. The topological polar surface area (TPSA) is 21.6 Å². The number of aliphatic imine (C=N–C) groups is 1. The van der Waals surface area contributed by atoms with E-state index < -0.39 is 0 Å². The lowest BCUT2D eigenvalue weighted by atomic mass is 10.0. The van der Waals surface area contributed by atoms with E-state index in [4.69, 9.17) is 9.73 Å². The molecule has 0 aromatic heterocycles. The molecule has 0 heterocycles. The highest BCUT2D eigenvalue weighted by atomic mass is 16.5.